The third-order valence-corrected chi connectivity index (χ3v) is 6.82. The number of aryl methyl sites for hydroxylation is 2. The first-order valence-electron chi connectivity index (χ1n) is 13.2. The van der Waals surface area contributed by atoms with Gasteiger partial charge in [-0.1, -0.05) is 44.2 Å². The van der Waals surface area contributed by atoms with Crippen LogP contribution < -0.4 is 26.3 Å². The topological polar surface area (TPSA) is 164 Å². The van der Waals surface area contributed by atoms with Crippen LogP contribution in [0.5, 0.6) is 5.75 Å². The number of nitrogens with one attached hydrogen (secondary N) is 3. The third-order valence-electron chi connectivity index (χ3n) is 6.82. The Morgan fingerprint density at radius 2 is 1.63 bits per heavy atom. The van der Waals surface area contributed by atoms with Crippen LogP contribution in [0.15, 0.2) is 51.7 Å². The molecule has 0 aliphatic heterocycles. The van der Waals surface area contributed by atoms with E-state index in [2.05, 4.69) is 16.0 Å². The lowest BCUT2D eigenvalue weighted by Gasteiger charge is -2.24. The summed E-state index contributed by atoms with van der Waals surface area (Å²) in [5, 5.41) is 17.8. The summed E-state index contributed by atoms with van der Waals surface area (Å²) >= 11 is 0. The molecule has 11 nitrogen and oxygen atoms in total. The van der Waals surface area contributed by atoms with Crippen molar-refractivity contribution in [1.82, 2.24) is 16.0 Å². The van der Waals surface area contributed by atoms with Crippen LogP contribution in [0.4, 0.5) is 0 Å². The first kappa shape index (κ1) is 30.9. The van der Waals surface area contributed by atoms with Gasteiger partial charge in [0, 0.05) is 17.4 Å². The SMILES string of the molecule is COc1ccc2c(C)c(CC(=O)NCC(=O)N[C@H](C(=O)N[C@@H](Cc3ccccc3)C(=O)O)C(C)C)c(=O)oc2c1C. The van der Waals surface area contributed by atoms with E-state index < -0.39 is 47.9 Å². The molecule has 0 fully saturated rings. The van der Waals surface area contributed by atoms with Crippen LogP contribution >= 0.6 is 0 Å². The van der Waals surface area contributed by atoms with Crippen LogP contribution in [0.2, 0.25) is 0 Å². The van der Waals surface area contributed by atoms with Crippen molar-refractivity contribution in [2.75, 3.05) is 13.7 Å². The van der Waals surface area contributed by atoms with E-state index >= 15 is 0 Å². The minimum absolute atomic E-state index is 0.0754. The number of carbonyl (C=O) groups is 4. The number of amides is 3. The highest BCUT2D eigenvalue weighted by molar-refractivity contribution is 5.93. The largest absolute Gasteiger partial charge is 0.496 e. The molecule has 3 amide bonds. The molecule has 1 aromatic heterocycles. The van der Waals surface area contributed by atoms with Gasteiger partial charge in [0.15, 0.2) is 0 Å². The lowest BCUT2D eigenvalue weighted by atomic mass is 10.0. The lowest BCUT2D eigenvalue weighted by molar-refractivity contribution is -0.142. The Kier molecular flexibility index (Phi) is 10.2. The standard InChI is InChI=1S/C30H35N3O8/c1-16(2)26(28(36)32-22(29(37)38)13-19-9-7-6-8-10-19)33-25(35)15-31-24(34)14-21-17(3)20-11-12-23(40-5)18(4)27(20)41-30(21)39/h6-12,16,22,26H,13-15H2,1-5H3,(H,31,34)(H,32,36)(H,33,35)(H,37,38)/t22-,26-/m0/s1. The number of carboxylic acids is 1. The molecule has 3 aromatic rings. The van der Waals surface area contributed by atoms with Crippen molar-refractivity contribution in [3.63, 3.8) is 0 Å². The quantitative estimate of drug-likeness (QED) is 0.242. The molecule has 0 unspecified atom stereocenters. The Hall–Kier alpha value is -4.67. The zero-order valence-corrected chi connectivity index (χ0v) is 23.7. The molecule has 2 atom stereocenters. The Morgan fingerprint density at radius 1 is 0.951 bits per heavy atom. The van der Waals surface area contributed by atoms with Gasteiger partial charge in [0.25, 0.3) is 0 Å². The summed E-state index contributed by atoms with van der Waals surface area (Å²) in [4.78, 5) is 62.6. The fourth-order valence-corrected chi connectivity index (χ4v) is 4.47. The maximum Gasteiger partial charge on any atom is 0.340 e. The fraction of sp³-hybridized carbons (Fsp3) is 0.367. The molecule has 0 aliphatic rings. The number of rotatable bonds is 12. The second-order valence-electron chi connectivity index (χ2n) is 10.1. The third kappa shape index (κ3) is 7.71. The van der Waals surface area contributed by atoms with Crippen molar-refractivity contribution in [2.45, 2.75) is 52.6 Å². The Labute approximate surface area is 237 Å². The van der Waals surface area contributed by atoms with Gasteiger partial charge < -0.3 is 30.2 Å². The molecule has 0 aliphatic carbocycles. The monoisotopic (exact) mass is 565 g/mol. The van der Waals surface area contributed by atoms with Crippen LogP contribution in [-0.4, -0.2) is 54.5 Å². The maximum absolute atomic E-state index is 12.9. The molecule has 1 heterocycles. The van der Waals surface area contributed by atoms with Gasteiger partial charge in [-0.2, -0.15) is 0 Å². The van der Waals surface area contributed by atoms with E-state index in [1.807, 2.05) is 0 Å². The van der Waals surface area contributed by atoms with Gasteiger partial charge >= 0.3 is 11.6 Å². The van der Waals surface area contributed by atoms with Gasteiger partial charge in [-0.05, 0) is 43.0 Å². The van der Waals surface area contributed by atoms with Crippen molar-refractivity contribution in [3.8, 4) is 5.75 Å². The van der Waals surface area contributed by atoms with E-state index in [1.165, 1.54) is 7.11 Å². The van der Waals surface area contributed by atoms with Gasteiger partial charge in [0.1, 0.15) is 23.4 Å². The first-order chi connectivity index (χ1) is 19.4. The molecule has 0 bridgehead atoms. The Morgan fingerprint density at radius 3 is 2.24 bits per heavy atom. The number of aliphatic carboxylic acids is 1. The van der Waals surface area contributed by atoms with Crippen molar-refractivity contribution in [2.24, 2.45) is 5.92 Å². The highest BCUT2D eigenvalue weighted by Gasteiger charge is 2.29. The predicted molar refractivity (Wildman–Crippen MR) is 152 cm³/mol. The summed E-state index contributed by atoms with van der Waals surface area (Å²) < 4.78 is 10.8. The number of carboxylic acid groups (broad SMARTS) is 1. The molecule has 4 N–H and O–H groups in total. The lowest BCUT2D eigenvalue weighted by Crippen LogP contribution is -2.55. The highest BCUT2D eigenvalue weighted by atomic mass is 16.5. The minimum Gasteiger partial charge on any atom is -0.496 e. The summed E-state index contributed by atoms with van der Waals surface area (Å²) in [5.41, 5.74) is 1.86. The molecular formula is C30H35N3O8. The number of hydrogen-bond donors (Lipinski definition) is 4. The number of hydrogen-bond acceptors (Lipinski definition) is 7. The van der Waals surface area contributed by atoms with Gasteiger partial charge in [0.05, 0.1) is 25.6 Å². The van der Waals surface area contributed by atoms with E-state index in [1.54, 1.807) is 70.2 Å². The maximum atomic E-state index is 12.9. The van der Waals surface area contributed by atoms with E-state index in [-0.39, 0.29) is 24.3 Å². The Bertz CT molecular complexity index is 1500. The normalized spacial score (nSPS) is 12.4. The number of carbonyl (C=O) groups excluding carboxylic acids is 3. The van der Waals surface area contributed by atoms with E-state index in [4.69, 9.17) is 9.15 Å². The zero-order chi connectivity index (χ0) is 30.3. The van der Waals surface area contributed by atoms with Gasteiger partial charge in [-0.3, -0.25) is 14.4 Å². The fourth-order valence-electron chi connectivity index (χ4n) is 4.47. The first-order valence-corrected chi connectivity index (χ1v) is 13.2. The number of benzene rings is 2. The van der Waals surface area contributed by atoms with Gasteiger partial charge in [-0.15, -0.1) is 0 Å². The van der Waals surface area contributed by atoms with E-state index in [0.717, 1.165) is 5.56 Å². The van der Waals surface area contributed by atoms with Crippen LogP contribution in [0.1, 0.15) is 36.1 Å². The number of methoxy groups -OCH3 is 1. The number of ether oxygens (including phenoxy) is 1. The highest BCUT2D eigenvalue weighted by Crippen LogP contribution is 2.29. The van der Waals surface area contributed by atoms with Gasteiger partial charge in [0.2, 0.25) is 17.7 Å². The summed E-state index contributed by atoms with van der Waals surface area (Å²) in [6.07, 6.45) is -0.234. The van der Waals surface area contributed by atoms with Crippen molar-refractivity contribution in [1.29, 1.82) is 0 Å². The van der Waals surface area contributed by atoms with Crippen LogP contribution in [0, 0.1) is 19.8 Å². The molecular weight excluding hydrogens is 530 g/mol. The summed E-state index contributed by atoms with van der Waals surface area (Å²) in [7, 11) is 1.52. The van der Waals surface area contributed by atoms with Gasteiger partial charge in [-0.25, -0.2) is 9.59 Å². The Balaban J connectivity index is 1.62. The van der Waals surface area contributed by atoms with Crippen LogP contribution in [-0.2, 0) is 32.0 Å². The van der Waals surface area contributed by atoms with Crippen LogP contribution in [0.25, 0.3) is 11.0 Å². The number of fused-ring (bicyclic) bond motifs is 1. The smallest absolute Gasteiger partial charge is 0.340 e. The van der Waals surface area contributed by atoms with Crippen molar-refractivity contribution >= 4 is 34.7 Å². The van der Waals surface area contributed by atoms with E-state index in [9.17, 15) is 29.1 Å². The second kappa shape index (κ2) is 13.6. The molecule has 41 heavy (non-hydrogen) atoms. The van der Waals surface area contributed by atoms with Crippen LogP contribution in [0.3, 0.4) is 0 Å². The molecule has 218 valence electrons. The molecule has 0 saturated heterocycles. The minimum atomic E-state index is -1.20. The molecule has 3 rings (SSSR count). The summed E-state index contributed by atoms with van der Waals surface area (Å²) in [5.74, 6) is -2.88. The second-order valence-corrected chi connectivity index (χ2v) is 10.1. The zero-order valence-electron chi connectivity index (χ0n) is 23.7. The molecule has 0 radical (unpaired) electrons. The molecule has 2 aromatic carbocycles. The van der Waals surface area contributed by atoms with E-state index in [0.29, 0.717) is 27.8 Å². The molecule has 0 saturated carbocycles. The summed E-state index contributed by atoms with van der Waals surface area (Å²) in [6.45, 7) is 6.44. The van der Waals surface area contributed by atoms with Crippen molar-refractivity contribution < 1.29 is 33.4 Å². The molecule has 0 spiro atoms. The predicted octanol–water partition coefficient (Wildman–Crippen LogP) is 2.03. The van der Waals surface area contributed by atoms with Crippen molar-refractivity contribution in [3.05, 3.63) is 75.1 Å². The average molecular weight is 566 g/mol. The molecule has 11 heteroatoms. The average Bonchev–Trinajstić information content (AvgIpc) is 2.93. The summed E-state index contributed by atoms with van der Waals surface area (Å²) in [6, 6.07) is 10.1.